The Kier molecular flexibility index (Phi) is 4.12. The molecule has 0 atom stereocenters. The minimum absolute atomic E-state index is 0.421. The molecule has 2 rings (SSSR count). The predicted octanol–water partition coefficient (Wildman–Crippen LogP) is 2.82. The van der Waals surface area contributed by atoms with Gasteiger partial charge in [-0.25, -0.2) is 4.79 Å². The molecule has 0 aliphatic heterocycles. The van der Waals surface area contributed by atoms with Crippen LogP contribution in [0, 0.1) is 0 Å². The van der Waals surface area contributed by atoms with Crippen molar-refractivity contribution in [2.24, 2.45) is 0 Å². The van der Waals surface area contributed by atoms with Gasteiger partial charge in [0, 0.05) is 22.7 Å². The Morgan fingerprint density at radius 2 is 2.35 bits per heavy atom. The fourth-order valence-corrected chi connectivity index (χ4v) is 3.79. The monoisotopic (exact) mass is 271 g/mol. The molecule has 1 aliphatic rings. The molecule has 1 aliphatic carbocycles. The van der Waals surface area contributed by atoms with Crippen molar-refractivity contribution in [3.05, 3.63) is 21.9 Å². The average molecular weight is 271 g/mol. The lowest BCUT2D eigenvalue weighted by Gasteiger charge is -2.40. The van der Waals surface area contributed by atoms with E-state index in [1.807, 2.05) is 17.8 Å². The summed E-state index contributed by atoms with van der Waals surface area (Å²) < 4.78 is 0.437. The molecule has 1 aromatic heterocycles. The number of carboxylic acids is 1. The van der Waals surface area contributed by atoms with Crippen molar-refractivity contribution in [1.29, 1.82) is 0 Å². The largest absolute Gasteiger partial charge is 0.477 e. The first kappa shape index (κ1) is 12.9. The molecule has 0 aromatic carbocycles. The fraction of sp³-hybridized carbons (Fsp3) is 0.583. The molecule has 1 aromatic rings. The van der Waals surface area contributed by atoms with Crippen LogP contribution in [0.2, 0.25) is 0 Å². The van der Waals surface area contributed by atoms with E-state index in [0.717, 1.165) is 18.0 Å². The molecule has 5 heteroatoms. The summed E-state index contributed by atoms with van der Waals surface area (Å²) in [4.78, 5) is 12.3. The van der Waals surface area contributed by atoms with E-state index < -0.39 is 5.97 Å². The average Bonchev–Trinajstić information content (AvgIpc) is 2.71. The number of hydrogen-bond acceptors (Lipinski definition) is 4. The number of aromatic carboxylic acids is 1. The molecule has 0 unspecified atom stereocenters. The first-order valence-corrected chi connectivity index (χ1v) is 7.77. The van der Waals surface area contributed by atoms with Crippen molar-refractivity contribution >= 4 is 29.1 Å². The van der Waals surface area contributed by atoms with Gasteiger partial charge in [0.15, 0.2) is 0 Å². The fourth-order valence-electron chi connectivity index (χ4n) is 2.03. The van der Waals surface area contributed by atoms with Crippen LogP contribution in [0.15, 0.2) is 12.1 Å². The normalized spacial score (nSPS) is 17.7. The molecular formula is C12H17NO2S2. The van der Waals surface area contributed by atoms with Gasteiger partial charge in [0.1, 0.15) is 4.88 Å². The molecule has 3 nitrogen and oxygen atoms in total. The zero-order chi connectivity index (χ0) is 12.3. The van der Waals surface area contributed by atoms with E-state index in [4.69, 9.17) is 5.11 Å². The maximum atomic E-state index is 10.7. The van der Waals surface area contributed by atoms with Crippen molar-refractivity contribution in [3.8, 4) is 0 Å². The number of rotatable bonds is 6. The van der Waals surface area contributed by atoms with Crippen LogP contribution in [-0.4, -0.2) is 28.6 Å². The summed E-state index contributed by atoms with van der Waals surface area (Å²) >= 11 is 3.31. The lowest BCUT2D eigenvalue weighted by atomic mass is 9.84. The molecule has 0 bridgehead atoms. The maximum absolute atomic E-state index is 10.7. The van der Waals surface area contributed by atoms with Gasteiger partial charge in [-0.3, -0.25) is 0 Å². The standard InChI is InChI=1S/C12H17NO2S2/c1-16-12(5-2-6-12)8-13-7-9-3-4-10(17-9)11(14)15/h3-4,13H,2,5-8H2,1H3,(H,14,15). The van der Waals surface area contributed by atoms with Crippen LogP contribution in [0.4, 0.5) is 0 Å². The van der Waals surface area contributed by atoms with Gasteiger partial charge < -0.3 is 10.4 Å². The topological polar surface area (TPSA) is 49.3 Å². The van der Waals surface area contributed by atoms with Gasteiger partial charge in [0.05, 0.1) is 0 Å². The molecule has 17 heavy (non-hydrogen) atoms. The summed E-state index contributed by atoms with van der Waals surface area (Å²) in [6.45, 7) is 1.80. The second-order valence-electron chi connectivity index (χ2n) is 4.42. The molecule has 0 radical (unpaired) electrons. The van der Waals surface area contributed by atoms with Crippen LogP contribution >= 0.6 is 23.1 Å². The third-order valence-corrected chi connectivity index (χ3v) is 5.81. The second-order valence-corrected chi connectivity index (χ2v) is 6.86. The minimum atomic E-state index is -0.833. The Morgan fingerprint density at radius 3 is 2.82 bits per heavy atom. The van der Waals surface area contributed by atoms with Gasteiger partial charge in [0.25, 0.3) is 0 Å². The first-order chi connectivity index (χ1) is 8.15. The second kappa shape index (κ2) is 5.42. The van der Waals surface area contributed by atoms with E-state index in [-0.39, 0.29) is 0 Å². The molecule has 0 amide bonds. The highest BCUT2D eigenvalue weighted by Crippen LogP contribution is 2.42. The summed E-state index contributed by atoms with van der Waals surface area (Å²) in [5, 5.41) is 12.3. The van der Waals surface area contributed by atoms with Gasteiger partial charge in [0.2, 0.25) is 0 Å². The lowest BCUT2D eigenvalue weighted by molar-refractivity contribution is 0.0702. The Labute approximate surface area is 110 Å². The third kappa shape index (κ3) is 3.03. The molecule has 94 valence electrons. The van der Waals surface area contributed by atoms with Crippen molar-refractivity contribution in [3.63, 3.8) is 0 Å². The number of thiophene rings is 1. The van der Waals surface area contributed by atoms with Gasteiger partial charge in [-0.15, -0.1) is 11.3 Å². The first-order valence-electron chi connectivity index (χ1n) is 5.73. The van der Waals surface area contributed by atoms with Gasteiger partial charge in [-0.05, 0) is 31.2 Å². The minimum Gasteiger partial charge on any atom is -0.477 e. The van der Waals surface area contributed by atoms with Crippen molar-refractivity contribution in [1.82, 2.24) is 5.32 Å². The highest BCUT2D eigenvalue weighted by atomic mass is 32.2. The SMILES string of the molecule is CSC1(CNCc2ccc(C(=O)O)s2)CCC1. The number of hydrogen-bond donors (Lipinski definition) is 2. The Morgan fingerprint density at radius 1 is 1.59 bits per heavy atom. The van der Waals surface area contributed by atoms with E-state index in [1.54, 1.807) is 6.07 Å². The molecule has 0 spiro atoms. The maximum Gasteiger partial charge on any atom is 0.345 e. The Balaban J connectivity index is 1.79. The molecule has 0 saturated heterocycles. The van der Waals surface area contributed by atoms with Crippen molar-refractivity contribution in [2.45, 2.75) is 30.6 Å². The lowest BCUT2D eigenvalue weighted by Crippen LogP contribution is -2.43. The Bertz CT molecular complexity index is 393. The summed E-state index contributed by atoms with van der Waals surface area (Å²) in [6.07, 6.45) is 6.11. The number of thioether (sulfide) groups is 1. The molecule has 1 fully saturated rings. The number of carbonyl (C=O) groups is 1. The van der Waals surface area contributed by atoms with Gasteiger partial charge in [-0.2, -0.15) is 11.8 Å². The van der Waals surface area contributed by atoms with Crippen LogP contribution in [-0.2, 0) is 6.54 Å². The summed E-state index contributed by atoms with van der Waals surface area (Å²) in [6, 6.07) is 3.57. The van der Waals surface area contributed by atoms with E-state index >= 15 is 0 Å². The molecular weight excluding hydrogens is 254 g/mol. The Hall–Kier alpha value is -0.520. The van der Waals surface area contributed by atoms with Gasteiger partial charge in [-0.1, -0.05) is 6.42 Å². The quantitative estimate of drug-likeness (QED) is 0.835. The number of nitrogens with one attached hydrogen (secondary N) is 1. The molecule has 1 heterocycles. The van der Waals surface area contributed by atoms with E-state index in [2.05, 4.69) is 11.6 Å². The van der Waals surface area contributed by atoms with E-state index in [9.17, 15) is 4.79 Å². The van der Waals surface area contributed by atoms with E-state index in [1.165, 1.54) is 30.6 Å². The summed E-state index contributed by atoms with van der Waals surface area (Å²) in [5.74, 6) is -0.833. The highest BCUT2D eigenvalue weighted by molar-refractivity contribution is 8.00. The van der Waals surface area contributed by atoms with Crippen LogP contribution in [0.1, 0.15) is 33.8 Å². The van der Waals surface area contributed by atoms with Crippen LogP contribution in [0.5, 0.6) is 0 Å². The van der Waals surface area contributed by atoms with Gasteiger partial charge >= 0.3 is 5.97 Å². The third-order valence-electron chi connectivity index (χ3n) is 3.32. The summed E-state index contributed by atoms with van der Waals surface area (Å²) in [7, 11) is 0. The zero-order valence-electron chi connectivity index (χ0n) is 9.86. The highest BCUT2D eigenvalue weighted by Gasteiger charge is 2.35. The van der Waals surface area contributed by atoms with Crippen LogP contribution in [0.25, 0.3) is 0 Å². The van der Waals surface area contributed by atoms with Crippen LogP contribution < -0.4 is 5.32 Å². The molecule has 2 N–H and O–H groups in total. The van der Waals surface area contributed by atoms with E-state index in [0.29, 0.717) is 9.62 Å². The zero-order valence-corrected chi connectivity index (χ0v) is 11.5. The van der Waals surface area contributed by atoms with Crippen LogP contribution in [0.3, 0.4) is 0 Å². The summed E-state index contributed by atoms with van der Waals surface area (Å²) in [5.41, 5.74) is 0. The predicted molar refractivity (Wildman–Crippen MR) is 73.1 cm³/mol. The van der Waals surface area contributed by atoms with Crippen molar-refractivity contribution < 1.29 is 9.90 Å². The molecule has 1 saturated carbocycles. The van der Waals surface area contributed by atoms with Crippen molar-refractivity contribution in [2.75, 3.05) is 12.8 Å². The smallest absolute Gasteiger partial charge is 0.345 e. The number of carboxylic acid groups (broad SMARTS) is 1.